The molecule has 6 nitrogen and oxygen atoms in total. The van der Waals surface area contributed by atoms with Gasteiger partial charge >= 0.3 is 0 Å². The summed E-state index contributed by atoms with van der Waals surface area (Å²) in [5.41, 5.74) is 3.52. The van der Waals surface area contributed by atoms with Gasteiger partial charge in [-0.25, -0.2) is 0 Å². The van der Waals surface area contributed by atoms with Gasteiger partial charge in [0.2, 0.25) is 5.78 Å². The average molecular weight is 389 g/mol. The summed E-state index contributed by atoms with van der Waals surface area (Å²) in [4.78, 5) is 18.7. The van der Waals surface area contributed by atoms with E-state index in [0.717, 1.165) is 54.8 Å². The maximum atomic E-state index is 13.1. The van der Waals surface area contributed by atoms with Crippen LogP contribution in [0.2, 0.25) is 0 Å². The van der Waals surface area contributed by atoms with Crippen molar-refractivity contribution < 1.29 is 14.3 Å². The lowest BCUT2D eigenvalue weighted by Crippen LogP contribution is -2.42. The fourth-order valence-electron chi connectivity index (χ4n) is 4.03. The number of Topliss-reactive ketones (excluding diaryl/α,β-unsaturated/α-hetero) is 1. The molecule has 6 heteroatoms. The second-order valence-corrected chi connectivity index (χ2v) is 7.42. The van der Waals surface area contributed by atoms with E-state index in [0.29, 0.717) is 22.8 Å². The van der Waals surface area contributed by atoms with E-state index in [2.05, 4.69) is 15.2 Å². The average Bonchev–Trinajstić information content (AvgIpc) is 3.31. The first-order chi connectivity index (χ1) is 14.2. The van der Waals surface area contributed by atoms with Crippen molar-refractivity contribution >= 4 is 22.8 Å². The molecule has 1 aromatic heterocycles. The number of para-hydroxylation sites is 1. The molecule has 0 amide bonds. The number of carbonyl (C=O) groups excluding carboxylic acids is 1. The first-order valence-electron chi connectivity index (χ1n) is 9.87. The summed E-state index contributed by atoms with van der Waals surface area (Å²) in [6.45, 7) is 4.61. The zero-order valence-corrected chi connectivity index (χ0v) is 16.3. The van der Waals surface area contributed by atoms with Crippen molar-refractivity contribution in [3.63, 3.8) is 0 Å². The van der Waals surface area contributed by atoms with Crippen LogP contribution in [-0.2, 0) is 6.54 Å². The molecule has 3 aromatic rings. The molecule has 2 N–H and O–H groups in total. The molecule has 2 aliphatic heterocycles. The first kappa shape index (κ1) is 18.0. The summed E-state index contributed by atoms with van der Waals surface area (Å²) in [6.07, 6.45) is 3.72. The topological polar surface area (TPSA) is 66.6 Å². The standard InChI is InChI=1S/C23H23N3O3/c1-28-17-10-16(14-26-8-6-24-7-9-26)23-19(12-17)22(27)21(29-23)11-15-13-25-20-5-3-2-4-18(15)20/h2-5,10-13,24-25H,6-9,14H2,1H3. The van der Waals surface area contributed by atoms with Crippen LogP contribution in [0.1, 0.15) is 21.5 Å². The number of rotatable bonds is 4. The SMILES string of the molecule is COc1cc(CN2CCNCC2)c2c(c1)C(=O)C(=Cc1c[nH]c3ccccc13)O2. The molecule has 1 saturated heterocycles. The highest BCUT2D eigenvalue weighted by Crippen LogP contribution is 2.39. The number of piperazine rings is 1. The number of benzene rings is 2. The summed E-state index contributed by atoms with van der Waals surface area (Å²) >= 11 is 0. The Balaban J connectivity index is 1.51. The summed E-state index contributed by atoms with van der Waals surface area (Å²) in [6, 6.07) is 11.8. The van der Waals surface area contributed by atoms with Gasteiger partial charge in [0.25, 0.3) is 0 Å². The van der Waals surface area contributed by atoms with Crippen LogP contribution >= 0.6 is 0 Å². The van der Waals surface area contributed by atoms with E-state index in [1.807, 2.05) is 42.6 Å². The molecule has 2 aliphatic rings. The van der Waals surface area contributed by atoms with E-state index in [1.165, 1.54) is 0 Å². The molecular formula is C23H23N3O3. The third kappa shape index (κ3) is 3.30. The molecule has 1 fully saturated rings. The number of hydrogen-bond donors (Lipinski definition) is 2. The third-order valence-electron chi connectivity index (χ3n) is 5.57. The number of nitrogens with one attached hydrogen (secondary N) is 2. The number of carbonyl (C=O) groups is 1. The van der Waals surface area contributed by atoms with Crippen molar-refractivity contribution in [2.24, 2.45) is 0 Å². The molecule has 0 radical (unpaired) electrons. The van der Waals surface area contributed by atoms with Gasteiger partial charge in [0.15, 0.2) is 5.76 Å². The highest BCUT2D eigenvalue weighted by molar-refractivity contribution is 6.15. The summed E-state index contributed by atoms with van der Waals surface area (Å²) in [5, 5.41) is 4.43. The second-order valence-electron chi connectivity index (χ2n) is 7.42. The van der Waals surface area contributed by atoms with E-state index in [1.54, 1.807) is 13.2 Å². The number of ether oxygens (including phenoxy) is 2. The highest BCUT2D eigenvalue weighted by Gasteiger charge is 2.31. The molecule has 148 valence electrons. The molecule has 0 aliphatic carbocycles. The maximum absolute atomic E-state index is 13.1. The van der Waals surface area contributed by atoms with Gasteiger partial charge in [-0.05, 0) is 24.3 Å². The van der Waals surface area contributed by atoms with E-state index in [9.17, 15) is 4.79 Å². The van der Waals surface area contributed by atoms with Crippen molar-refractivity contribution in [3.8, 4) is 11.5 Å². The number of ketones is 1. The van der Waals surface area contributed by atoms with Crippen LogP contribution in [0.5, 0.6) is 11.5 Å². The Morgan fingerprint density at radius 2 is 2.03 bits per heavy atom. The van der Waals surface area contributed by atoms with Crippen molar-refractivity contribution in [2.75, 3.05) is 33.3 Å². The molecule has 0 atom stereocenters. The van der Waals surface area contributed by atoms with Gasteiger partial charge in [-0.15, -0.1) is 0 Å². The molecule has 2 aromatic carbocycles. The number of hydrogen-bond acceptors (Lipinski definition) is 5. The lowest BCUT2D eigenvalue weighted by Gasteiger charge is -2.27. The first-order valence-corrected chi connectivity index (χ1v) is 9.87. The smallest absolute Gasteiger partial charge is 0.232 e. The normalized spacial score (nSPS) is 18.2. The fraction of sp³-hybridized carbons (Fsp3) is 0.261. The molecule has 29 heavy (non-hydrogen) atoms. The maximum Gasteiger partial charge on any atom is 0.232 e. The molecule has 5 rings (SSSR count). The Hall–Kier alpha value is -3.09. The van der Waals surface area contributed by atoms with Gasteiger partial charge in [0.05, 0.1) is 12.7 Å². The monoisotopic (exact) mass is 389 g/mol. The number of nitrogens with zero attached hydrogens (tertiary/aromatic N) is 1. The van der Waals surface area contributed by atoms with Crippen molar-refractivity contribution in [1.82, 2.24) is 15.2 Å². The van der Waals surface area contributed by atoms with Gasteiger partial charge in [-0.3, -0.25) is 9.69 Å². The Morgan fingerprint density at radius 3 is 2.86 bits per heavy atom. The molecule has 3 heterocycles. The van der Waals surface area contributed by atoms with Crippen LogP contribution in [0.4, 0.5) is 0 Å². The van der Waals surface area contributed by atoms with Crippen LogP contribution in [0.15, 0.2) is 48.4 Å². The van der Waals surface area contributed by atoms with Crippen LogP contribution in [0.3, 0.4) is 0 Å². The van der Waals surface area contributed by atoms with Crippen LogP contribution in [0.25, 0.3) is 17.0 Å². The van der Waals surface area contributed by atoms with Gasteiger partial charge in [-0.2, -0.15) is 0 Å². The predicted octanol–water partition coefficient (Wildman–Crippen LogP) is 3.20. The summed E-state index contributed by atoms with van der Waals surface area (Å²) in [7, 11) is 1.62. The lowest BCUT2D eigenvalue weighted by atomic mass is 10.0. The quantitative estimate of drug-likeness (QED) is 0.671. The Bertz CT molecular complexity index is 1110. The van der Waals surface area contributed by atoms with Gasteiger partial charge in [0, 0.05) is 61.0 Å². The number of aromatic nitrogens is 1. The van der Waals surface area contributed by atoms with Gasteiger partial charge in [0.1, 0.15) is 11.5 Å². The predicted molar refractivity (Wildman–Crippen MR) is 112 cm³/mol. The Labute approximate surface area is 169 Å². The minimum absolute atomic E-state index is 0.106. The largest absolute Gasteiger partial charge is 0.497 e. The Morgan fingerprint density at radius 1 is 1.21 bits per heavy atom. The van der Waals surface area contributed by atoms with Crippen molar-refractivity contribution in [1.29, 1.82) is 0 Å². The van der Waals surface area contributed by atoms with Crippen molar-refractivity contribution in [3.05, 3.63) is 65.0 Å². The fourth-order valence-corrected chi connectivity index (χ4v) is 4.03. The zero-order chi connectivity index (χ0) is 19.8. The van der Waals surface area contributed by atoms with E-state index in [-0.39, 0.29) is 5.78 Å². The highest BCUT2D eigenvalue weighted by atomic mass is 16.5. The van der Waals surface area contributed by atoms with Crippen molar-refractivity contribution in [2.45, 2.75) is 6.54 Å². The van der Waals surface area contributed by atoms with E-state index in [4.69, 9.17) is 9.47 Å². The molecule has 0 bridgehead atoms. The number of methoxy groups -OCH3 is 1. The number of fused-ring (bicyclic) bond motifs is 2. The Kier molecular flexibility index (Phi) is 4.58. The lowest BCUT2D eigenvalue weighted by molar-refractivity contribution is 0.101. The number of allylic oxidation sites excluding steroid dienone is 1. The molecule has 0 unspecified atom stereocenters. The van der Waals surface area contributed by atoms with E-state index < -0.39 is 0 Å². The second kappa shape index (κ2) is 7.39. The minimum Gasteiger partial charge on any atom is -0.497 e. The van der Waals surface area contributed by atoms with E-state index >= 15 is 0 Å². The zero-order valence-electron chi connectivity index (χ0n) is 16.3. The van der Waals surface area contributed by atoms with Gasteiger partial charge in [-0.1, -0.05) is 18.2 Å². The summed E-state index contributed by atoms with van der Waals surface area (Å²) in [5.74, 6) is 1.57. The minimum atomic E-state index is -0.106. The van der Waals surface area contributed by atoms with Crippen LogP contribution in [-0.4, -0.2) is 49.0 Å². The van der Waals surface area contributed by atoms with Gasteiger partial charge < -0.3 is 19.8 Å². The van der Waals surface area contributed by atoms with Crippen LogP contribution in [0, 0.1) is 0 Å². The number of aromatic amines is 1. The third-order valence-corrected chi connectivity index (χ3v) is 5.57. The molecule has 0 spiro atoms. The molecular weight excluding hydrogens is 366 g/mol. The van der Waals surface area contributed by atoms with Crippen LogP contribution < -0.4 is 14.8 Å². The molecule has 0 saturated carbocycles. The number of H-pyrrole nitrogens is 1. The summed E-state index contributed by atoms with van der Waals surface area (Å²) < 4.78 is 11.6.